The zero-order valence-corrected chi connectivity index (χ0v) is 14.2. The van der Waals surface area contributed by atoms with Gasteiger partial charge in [-0.25, -0.2) is 0 Å². The normalized spacial score (nSPS) is 19.7. The van der Waals surface area contributed by atoms with Gasteiger partial charge in [-0.3, -0.25) is 14.7 Å². The molecular formula is C18H20ClN3O2. The van der Waals surface area contributed by atoms with Crippen LogP contribution in [0.15, 0.2) is 48.7 Å². The maximum atomic E-state index is 12.8. The van der Waals surface area contributed by atoms with Crippen molar-refractivity contribution in [1.82, 2.24) is 15.2 Å². The molecule has 1 aromatic heterocycles. The zero-order valence-electron chi connectivity index (χ0n) is 13.5. The van der Waals surface area contributed by atoms with Gasteiger partial charge in [0.15, 0.2) is 0 Å². The summed E-state index contributed by atoms with van der Waals surface area (Å²) in [5, 5.41) is 3.72. The lowest BCUT2D eigenvalue weighted by Crippen LogP contribution is -2.52. The Balaban J connectivity index is 1.86. The van der Waals surface area contributed by atoms with Crippen molar-refractivity contribution >= 4 is 17.5 Å². The molecule has 0 unspecified atom stereocenters. The molecule has 1 aromatic carbocycles. The minimum atomic E-state index is -0.354. The first kappa shape index (κ1) is 16.9. The molecule has 1 amide bonds. The summed E-state index contributed by atoms with van der Waals surface area (Å²) in [4.78, 5) is 19.2. The summed E-state index contributed by atoms with van der Waals surface area (Å²) in [6.07, 6.45) is 1.72. The molecule has 0 bridgehead atoms. The summed E-state index contributed by atoms with van der Waals surface area (Å²) in [6.45, 7) is 1.79. The van der Waals surface area contributed by atoms with Crippen LogP contribution in [0.4, 0.5) is 0 Å². The fourth-order valence-corrected chi connectivity index (χ4v) is 2.96. The summed E-state index contributed by atoms with van der Waals surface area (Å²) >= 11 is 6.12. The highest BCUT2D eigenvalue weighted by Crippen LogP contribution is 2.23. The van der Waals surface area contributed by atoms with Crippen LogP contribution in [-0.4, -0.2) is 48.6 Å². The van der Waals surface area contributed by atoms with Gasteiger partial charge in [-0.2, -0.15) is 0 Å². The second-order valence-corrected chi connectivity index (χ2v) is 6.26. The van der Waals surface area contributed by atoms with E-state index in [1.165, 1.54) is 0 Å². The van der Waals surface area contributed by atoms with Gasteiger partial charge >= 0.3 is 0 Å². The van der Waals surface area contributed by atoms with Crippen LogP contribution >= 0.6 is 11.6 Å². The van der Waals surface area contributed by atoms with Crippen LogP contribution < -0.4 is 5.32 Å². The standard InChI is InChI=1S/C18H20ClN3O2/c1-22-9-10-24-12-16(22)18(23)21-17(15-7-2-3-8-20-15)13-5-4-6-14(19)11-13/h2-8,11,16-17H,9-10,12H2,1H3,(H,21,23)/t16-,17-/m0/s1. The lowest BCUT2D eigenvalue weighted by Gasteiger charge is -2.32. The number of benzene rings is 1. The van der Waals surface area contributed by atoms with Crippen molar-refractivity contribution in [1.29, 1.82) is 0 Å². The van der Waals surface area contributed by atoms with E-state index in [2.05, 4.69) is 10.3 Å². The number of nitrogens with one attached hydrogen (secondary N) is 1. The van der Waals surface area contributed by atoms with E-state index in [9.17, 15) is 4.79 Å². The first-order chi connectivity index (χ1) is 11.6. The van der Waals surface area contributed by atoms with Crippen molar-refractivity contribution in [2.45, 2.75) is 12.1 Å². The number of carbonyl (C=O) groups is 1. The van der Waals surface area contributed by atoms with Crippen molar-refractivity contribution in [2.75, 3.05) is 26.8 Å². The van der Waals surface area contributed by atoms with E-state index >= 15 is 0 Å². The van der Waals surface area contributed by atoms with E-state index in [0.717, 1.165) is 17.8 Å². The number of hydrogen-bond acceptors (Lipinski definition) is 4. The van der Waals surface area contributed by atoms with E-state index in [1.54, 1.807) is 6.20 Å². The number of pyridine rings is 1. The predicted molar refractivity (Wildman–Crippen MR) is 92.9 cm³/mol. The molecule has 3 rings (SSSR count). The highest BCUT2D eigenvalue weighted by Gasteiger charge is 2.29. The van der Waals surface area contributed by atoms with Gasteiger partial charge in [-0.1, -0.05) is 29.8 Å². The number of hydrogen-bond donors (Lipinski definition) is 1. The Morgan fingerprint density at radius 3 is 2.96 bits per heavy atom. The van der Waals surface area contributed by atoms with Crippen LogP contribution in [-0.2, 0) is 9.53 Å². The minimum absolute atomic E-state index is 0.0761. The average Bonchev–Trinajstić information content (AvgIpc) is 2.60. The van der Waals surface area contributed by atoms with Crippen molar-refractivity contribution in [2.24, 2.45) is 0 Å². The van der Waals surface area contributed by atoms with Gasteiger partial charge in [0, 0.05) is 17.8 Å². The van der Waals surface area contributed by atoms with Gasteiger partial charge in [-0.05, 0) is 36.9 Å². The molecule has 2 atom stereocenters. The number of nitrogens with zero attached hydrogens (tertiary/aromatic N) is 2. The molecule has 0 aliphatic carbocycles. The fraction of sp³-hybridized carbons (Fsp3) is 0.333. The van der Waals surface area contributed by atoms with Gasteiger partial charge in [0.1, 0.15) is 6.04 Å². The molecule has 1 N–H and O–H groups in total. The molecule has 0 saturated carbocycles. The van der Waals surface area contributed by atoms with Gasteiger partial charge in [-0.15, -0.1) is 0 Å². The van der Waals surface area contributed by atoms with Gasteiger partial charge < -0.3 is 10.1 Å². The molecule has 1 saturated heterocycles. The smallest absolute Gasteiger partial charge is 0.240 e. The third-order valence-electron chi connectivity index (χ3n) is 4.15. The third kappa shape index (κ3) is 3.93. The molecule has 0 radical (unpaired) electrons. The molecule has 1 aliphatic rings. The SMILES string of the molecule is CN1CCOC[C@H]1C(=O)N[C@@H](c1cccc(Cl)c1)c1ccccn1. The fourth-order valence-electron chi connectivity index (χ4n) is 2.76. The first-order valence-electron chi connectivity index (χ1n) is 7.90. The quantitative estimate of drug-likeness (QED) is 0.923. The molecule has 2 heterocycles. The maximum Gasteiger partial charge on any atom is 0.240 e. The van der Waals surface area contributed by atoms with Crippen molar-refractivity contribution in [3.05, 3.63) is 64.9 Å². The lowest BCUT2D eigenvalue weighted by molar-refractivity contribution is -0.131. The van der Waals surface area contributed by atoms with Crippen molar-refractivity contribution in [3.63, 3.8) is 0 Å². The molecule has 126 valence electrons. The average molecular weight is 346 g/mol. The van der Waals surface area contributed by atoms with Gasteiger partial charge in [0.2, 0.25) is 5.91 Å². The van der Waals surface area contributed by atoms with Crippen molar-refractivity contribution in [3.8, 4) is 0 Å². The largest absolute Gasteiger partial charge is 0.378 e. The number of rotatable bonds is 4. The Hall–Kier alpha value is -1.95. The summed E-state index contributed by atoms with van der Waals surface area (Å²) in [6, 6.07) is 12.5. The number of likely N-dealkylation sites (N-methyl/N-ethyl adjacent to an activating group) is 1. The Bertz CT molecular complexity index is 696. The van der Waals surface area contributed by atoms with Crippen molar-refractivity contribution < 1.29 is 9.53 Å². The number of ether oxygens (including phenoxy) is 1. The molecule has 1 aliphatic heterocycles. The molecule has 0 spiro atoms. The van der Waals surface area contributed by atoms with Gasteiger partial charge in [0.25, 0.3) is 0 Å². The Morgan fingerprint density at radius 1 is 1.38 bits per heavy atom. The van der Waals surface area contributed by atoms with Crippen LogP contribution in [0.1, 0.15) is 17.3 Å². The highest BCUT2D eigenvalue weighted by molar-refractivity contribution is 6.30. The topological polar surface area (TPSA) is 54.5 Å². The van der Waals surface area contributed by atoms with Crippen LogP contribution in [0.2, 0.25) is 5.02 Å². The molecule has 2 aromatic rings. The number of aromatic nitrogens is 1. The first-order valence-corrected chi connectivity index (χ1v) is 8.27. The Morgan fingerprint density at radius 2 is 2.25 bits per heavy atom. The third-order valence-corrected chi connectivity index (χ3v) is 4.39. The second kappa shape index (κ2) is 7.75. The van der Waals surface area contributed by atoms with E-state index in [0.29, 0.717) is 18.2 Å². The Kier molecular flexibility index (Phi) is 5.45. The summed E-state index contributed by atoms with van der Waals surface area (Å²) < 4.78 is 5.45. The molecule has 6 heteroatoms. The molecule has 1 fully saturated rings. The summed E-state index contributed by atoms with van der Waals surface area (Å²) in [7, 11) is 1.93. The number of amides is 1. The van der Waals surface area contributed by atoms with E-state index < -0.39 is 0 Å². The summed E-state index contributed by atoms with van der Waals surface area (Å²) in [5.41, 5.74) is 1.67. The van der Waals surface area contributed by atoms with Crippen LogP contribution in [0.3, 0.4) is 0 Å². The van der Waals surface area contributed by atoms with Crippen LogP contribution in [0.25, 0.3) is 0 Å². The number of halogens is 1. The van der Waals surface area contributed by atoms with E-state index in [-0.39, 0.29) is 18.0 Å². The Labute approximate surface area is 146 Å². The molecule has 24 heavy (non-hydrogen) atoms. The number of morpholine rings is 1. The summed E-state index contributed by atoms with van der Waals surface area (Å²) in [5.74, 6) is -0.0761. The van der Waals surface area contributed by atoms with Crippen LogP contribution in [0, 0.1) is 0 Å². The van der Waals surface area contributed by atoms with E-state index in [4.69, 9.17) is 16.3 Å². The highest BCUT2D eigenvalue weighted by atomic mass is 35.5. The minimum Gasteiger partial charge on any atom is -0.378 e. The second-order valence-electron chi connectivity index (χ2n) is 5.82. The van der Waals surface area contributed by atoms with Gasteiger partial charge in [0.05, 0.1) is 24.9 Å². The van der Waals surface area contributed by atoms with E-state index in [1.807, 2.05) is 54.4 Å². The monoisotopic (exact) mass is 345 g/mol. The van der Waals surface area contributed by atoms with Crippen LogP contribution in [0.5, 0.6) is 0 Å². The maximum absolute atomic E-state index is 12.8. The number of carbonyl (C=O) groups excluding carboxylic acids is 1. The predicted octanol–water partition coefficient (Wildman–Crippen LogP) is 2.27. The molecular weight excluding hydrogens is 326 g/mol. The lowest BCUT2D eigenvalue weighted by atomic mass is 10.0. The zero-order chi connectivity index (χ0) is 16.9. The molecule has 5 nitrogen and oxygen atoms in total.